The van der Waals surface area contributed by atoms with Gasteiger partial charge >= 0.3 is 11.9 Å². The van der Waals surface area contributed by atoms with E-state index in [2.05, 4.69) is 93.7 Å². The smallest absolute Gasteiger partial charge is 0.330 e. The van der Waals surface area contributed by atoms with Crippen molar-refractivity contribution in [2.45, 2.75) is 104 Å². The van der Waals surface area contributed by atoms with Crippen molar-refractivity contribution in [1.29, 1.82) is 0 Å². The molecule has 0 atom stereocenters. The molecule has 4 rings (SSSR count). The monoisotopic (exact) mass is 753 g/mol. The van der Waals surface area contributed by atoms with Gasteiger partial charge in [0.25, 0.3) is 0 Å². The SMILES string of the molecule is C=CC(=O)OCC.CCCCCCCCOc1ccc(N2CCN(CCC(=O)O)CC2)cc1.CCCCCCCCOc1ccc(N2CCNCC2)cc1. The molecule has 0 bridgehead atoms. The van der Waals surface area contributed by atoms with Crippen LogP contribution < -0.4 is 24.6 Å². The summed E-state index contributed by atoms with van der Waals surface area (Å²) in [4.78, 5) is 27.7. The Morgan fingerprint density at radius 1 is 0.667 bits per heavy atom. The summed E-state index contributed by atoms with van der Waals surface area (Å²) in [7, 11) is 0. The first kappa shape index (κ1) is 46.4. The van der Waals surface area contributed by atoms with E-state index in [0.717, 1.165) is 89.6 Å². The predicted octanol–water partition coefficient (Wildman–Crippen LogP) is 8.59. The van der Waals surface area contributed by atoms with Crippen molar-refractivity contribution in [1.82, 2.24) is 10.2 Å². The van der Waals surface area contributed by atoms with Crippen LogP contribution in [0.1, 0.15) is 104 Å². The molecule has 2 aromatic carbocycles. The average Bonchev–Trinajstić information content (AvgIpc) is 3.21. The number of ether oxygens (including phenoxy) is 3. The normalized spacial score (nSPS) is 14.2. The van der Waals surface area contributed by atoms with Crippen molar-refractivity contribution >= 4 is 23.3 Å². The summed E-state index contributed by atoms with van der Waals surface area (Å²) in [6.45, 7) is 20.2. The van der Waals surface area contributed by atoms with Gasteiger partial charge in [-0.1, -0.05) is 84.6 Å². The zero-order valence-corrected chi connectivity index (χ0v) is 33.9. The number of rotatable bonds is 23. The predicted molar refractivity (Wildman–Crippen MR) is 223 cm³/mol. The Morgan fingerprint density at radius 3 is 1.52 bits per heavy atom. The number of anilines is 2. The third kappa shape index (κ3) is 21.8. The number of esters is 1. The molecule has 0 aliphatic carbocycles. The number of carbonyl (C=O) groups excluding carboxylic acids is 1. The van der Waals surface area contributed by atoms with Gasteiger partial charge < -0.3 is 34.4 Å². The number of unbranched alkanes of at least 4 members (excludes halogenated alkanes) is 10. The lowest BCUT2D eigenvalue weighted by molar-refractivity contribution is -0.138. The van der Waals surface area contributed by atoms with Crippen molar-refractivity contribution in [3.8, 4) is 11.5 Å². The summed E-state index contributed by atoms with van der Waals surface area (Å²) in [6.07, 6.45) is 16.9. The zero-order valence-electron chi connectivity index (χ0n) is 33.9. The fraction of sp³-hybridized carbons (Fsp3) is 0.636. The van der Waals surface area contributed by atoms with Crippen LogP contribution in [0.4, 0.5) is 11.4 Å². The van der Waals surface area contributed by atoms with E-state index in [9.17, 15) is 9.59 Å². The Balaban J connectivity index is 0.000000322. The second-order valence-corrected chi connectivity index (χ2v) is 13.9. The highest BCUT2D eigenvalue weighted by Crippen LogP contribution is 2.22. The second-order valence-electron chi connectivity index (χ2n) is 13.9. The fourth-order valence-corrected chi connectivity index (χ4v) is 6.26. The third-order valence-electron chi connectivity index (χ3n) is 9.52. The molecule has 304 valence electrons. The van der Waals surface area contributed by atoms with E-state index in [1.807, 2.05) is 0 Å². The minimum Gasteiger partial charge on any atom is -0.494 e. The van der Waals surface area contributed by atoms with Gasteiger partial charge in [0.05, 0.1) is 26.2 Å². The van der Waals surface area contributed by atoms with Crippen LogP contribution in [0, 0.1) is 0 Å². The number of carboxylic acids is 1. The summed E-state index contributed by atoms with van der Waals surface area (Å²) >= 11 is 0. The first-order chi connectivity index (χ1) is 26.4. The van der Waals surface area contributed by atoms with Crippen molar-refractivity contribution < 1.29 is 28.9 Å². The maximum atomic E-state index is 10.7. The fourth-order valence-electron chi connectivity index (χ4n) is 6.26. The average molecular weight is 753 g/mol. The maximum absolute atomic E-state index is 10.7. The second kappa shape index (κ2) is 30.6. The van der Waals surface area contributed by atoms with Crippen LogP contribution in [0.2, 0.25) is 0 Å². The van der Waals surface area contributed by atoms with Crippen LogP contribution in [0.3, 0.4) is 0 Å². The van der Waals surface area contributed by atoms with Gasteiger partial charge in [0.15, 0.2) is 0 Å². The molecule has 0 aromatic heterocycles. The Hall–Kier alpha value is -3.76. The quantitative estimate of drug-likeness (QED) is 0.0652. The number of hydrogen-bond donors (Lipinski definition) is 2. The van der Waals surface area contributed by atoms with Gasteiger partial charge in [-0.3, -0.25) is 9.69 Å². The van der Waals surface area contributed by atoms with E-state index in [1.165, 1.54) is 82.0 Å². The van der Waals surface area contributed by atoms with E-state index < -0.39 is 5.97 Å². The summed E-state index contributed by atoms with van der Waals surface area (Å²) < 4.78 is 16.1. The number of aliphatic carboxylic acids is 1. The summed E-state index contributed by atoms with van der Waals surface area (Å²) in [6, 6.07) is 17.0. The Morgan fingerprint density at radius 2 is 1.11 bits per heavy atom. The van der Waals surface area contributed by atoms with E-state index in [1.54, 1.807) is 6.92 Å². The molecule has 2 saturated heterocycles. The minimum atomic E-state index is -0.719. The van der Waals surface area contributed by atoms with Gasteiger partial charge in [-0.05, 0) is 68.3 Å². The molecule has 0 radical (unpaired) electrons. The van der Waals surface area contributed by atoms with Crippen LogP contribution in [0.15, 0.2) is 61.2 Å². The first-order valence-electron chi connectivity index (χ1n) is 20.8. The minimum absolute atomic E-state index is 0.227. The summed E-state index contributed by atoms with van der Waals surface area (Å²) in [5, 5.41) is 12.2. The third-order valence-corrected chi connectivity index (χ3v) is 9.52. The molecular formula is C44H72N4O6. The topological polar surface area (TPSA) is 104 Å². The molecule has 54 heavy (non-hydrogen) atoms. The number of carboxylic acid groups (broad SMARTS) is 1. The van der Waals surface area contributed by atoms with Crippen molar-refractivity contribution in [3.63, 3.8) is 0 Å². The molecule has 2 N–H and O–H groups in total. The van der Waals surface area contributed by atoms with Gasteiger partial charge in [0, 0.05) is 76.4 Å². The molecule has 0 amide bonds. The summed E-state index contributed by atoms with van der Waals surface area (Å²) in [5.74, 6) is 0.872. The maximum Gasteiger partial charge on any atom is 0.330 e. The highest BCUT2D eigenvalue weighted by molar-refractivity contribution is 5.81. The Bertz CT molecular complexity index is 1230. The van der Waals surface area contributed by atoms with Gasteiger partial charge in [0.1, 0.15) is 11.5 Å². The lowest BCUT2D eigenvalue weighted by atomic mass is 10.1. The van der Waals surface area contributed by atoms with Crippen LogP contribution in [-0.4, -0.2) is 101 Å². The van der Waals surface area contributed by atoms with Crippen LogP contribution >= 0.6 is 0 Å². The Kier molecular flexibility index (Phi) is 26.3. The highest BCUT2D eigenvalue weighted by atomic mass is 16.5. The largest absolute Gasteiger partial charge is 0.494 e. The number of carbonyl (C=O) groups is 2. The number of nitrogens with zero attached hydrogens (tertiary/aromatic N) is 3. The zero-order chi connectivity index (χ0) is 39.1. The van der Waals surface area contributed by atoms with Gasteiger partial charge in [0.2, 0.25) is 0 Å². The molecular weight excluding hydrogens is 681 g/mol. The van der Waals surface area contributed by atoms with Gasteiger partial charge in [-0.25, -0.2) is 4.79 Å². The molecule has 0 saturated carbocycles. The van der Waals surface area contributed by atoms with Gasteiger partial charge in [-0.15, -0.1) is 0 Å². The lowest BCUT2D eigenvalue weighted by Crippen LogP contribution is -2.46. The lowest BCUT2D eigenvalue weighted by Gasteiger charge is -2.35. The van der Waals surface area contributed by atoms with Gasteiger partial charge in [-0.2, -0.15) is 0 Å². The van der Waals surface area contributed by atoms with Crippen LogP contribution in [0.5, 0.6) is 11.5 Å². The number of hydrogen-bond acceptors (Lipinski definition) is 9. The molecule has 2 aliphatic rings. The van der Waals surface area contributed by atoms with Crippen molar-refractivity contribution in [2.24, 2.45) is 0 Å². The molecule has 2 aromatic rings. The van der Waals surface area contributed by atoms with E-state index in [0.29, 0.717) is 13.2 Å². The summed E-state index contributed by atoms with van der Waals surface area (Å²) in [5.41, 5.74) is 2.53. The molecule has 2 fully saturated rings. The first-order valence-corrected chi connectivity index (χ1v) is 20.8. The molecule has 0 spiro atoms. The molecule has 0 unspecified atom stereocenters. The number of benzene rings is 2. The van der Waals surface area contributed by atoms with Crippen molar-refractivity contribution in [2.75, 3.05) is 88.5 Å². The van der Waals surface area contributed by atoms with E-state index >= 15 is 0 Å². The number of nitrogens with one attached hydrogen (secondary N) is 1. The van der Waals surface area contributed by atoms with E-state index in [-0.39, 0.29) is 12.4 Å². The molecule has 10 nitrogen and oxygen atoms in total. The highest BCUT2D eigenvalue weighted by Gasteiger charge is 2.17. The Labute approximate surface area is 327 Å². The number of piperazine rings is 2. The standard InChI is InChI=1S/C21H34N2O3.C18H30N2O.C5H8O2/c1-2-3-4-5-6-7-18-26-20-10-8-19(9-11-20)23-16-14-22(15-17-23)13-12-21(24)25;1-2-3-4-5-6-7-16-21-18-10-8-17(9-11-18)20-14-12-19-13-15-20;1-3-5(6)7-4-2/h8-11H,2-7,12-18H2,1H3,(H,24,25);8-11,19H,2-7,12-16H2,1H3;3H,1,4H2,2H3. The molecule has 2 aliphatic heterocycles. The molecule has 10 heteroatoms. The van der Waals surface area contributed by atoms with Crippen molar-refractivity contribution in [3.05, 3.63) is 61.2 Å². The van der Waals surface area contributed by atoms with E-state index in [4.69, 9.17) is 14.6 Å². The van der Waals surface area contributed by atoms with Crippen LogP contribution in [0.25, 0.3) is 0 Å². The van der Waals surface area contributed by atoms with Crippen LogP contribution in [-0.2, 0) is 14.3 Å². The molecule has 2 heterocycles.